The summed E-state index contributed by atoms with van der Waals surface area (Å²) in [6.07, 6.45) is 1.89. The minimum Gasteiger partial charge on any atom is -0.481 e. The summed E-state index contributed by atoms with van der Waals surface area (Å²) < 4.78 is 5.21. The molecule has 1 amide bonds. The largest absolute Gasteiger partial charge is 0.481 e. The number of carbonyl (C=O) groups is 1. The number of hydrogen-bond donors (Lipinski definition) is 1. The van der Waals surface area contributed by atoms with Crippen molar-refractivity contribution in [2.45, 2.75) is 33.6 Å². The van der Waals surface area contributed by atoms with Gasteiger partial charge in [0.2, 0.25) is 17.7 Å². The lowest BCUT2D eigenvalue weighted by Gasteiger charge is -2.32. The fraction of sp³-hybridized carbons (Fsp3) is 0.688. The second kappa shape index (κ2) is 7.42. The van der Waals surface area contributed by atoms with Crippen LogP contribution in [0.4, 0.5) is 5.95 Å². The Balaban J connectivity index is 2.04. The first kappa shape index (κ1) is 16.5. The molecule has 1 atom stereocenters. The van der Waals surface area contributed by atoms with Crippen LogP contribution in [0.1, 0.15) is 32.4 Å². The van der Waals surface area contributed by atoms with E-state index >= 15 is 0 Å². The monoisotopic (exact) mass is 306 g/mol. The quantitative estimate of drug-likeness (QED) is 0.898. The Bertz CT molecular complexity index is 519. The van der Waals surface area contributed by atoms with Crippen LogP contribution in [-0.2, 0) is 4.79 Å². The Labute approximate surface area is 132 Å². The maximum absolute atomic E-state index is 12.3. The Kier molecular flexibility index (Phi) is 5.57. The van der Waals surface area contributed by atoms with Crippen LogP contribution in [0.3, 0.4) is 0 Å². The molecule has 6 heteroatoms. The summed E-state index contributed by atoms with van der Waals surface area (Å²) in [6, 6.07) is 1.81. The lowest BCUT2D eigenvalue weighted by Crippen LogP contribution is -2.44. The Morgan fingerprint density at radius 3 is 2.95 bits per heavy atom. The number of amides is 1. The molecule has 0 bridgehead atoms. The first-order valence-corrected chi connectivity index (χ1v) is 7.92. The minimum atomic E-state index is 0.00241. The molecule has 6 nitrogen and oxygen atoms in total. The Hall–Kier alpha value is -1.85. The van der Waals surface area contributed by atoms with Gasteiger partial charge in [0.15, 0.2) is 0 Å². The third-order valence-electron chi connectivity index (χ3n) is 3.79. The van der Waals surface area contributed by atoms with Gasteiger partial charge in [-0.25, -0.2) is 4.98 Å². The molecule has 0 spiro atoms. The van der Waals surface area contributed by atoms with E-state index in [1.54, 1.807) is 13.2 Å². The molecule has 1 aliphatic rings. The highest BCUT2D eigenvalue weighted by Crippen LogP contribution is 2.22. The summed E-state index contributed by atoms with van der Waals surface area (Å²) in [5.74, 6) is 1.82. The van der Waals surface area contributed by atoms with Gasteiger partial charge in [-0.2, -0.15) is 4.98 Å². The lowest BCUT2D eigenvalue weighted by atomic mass is 9.97. The van der Waals surface area contributed by atoms with E-state index in [4.69, 9.17) is 4.74 Å². The van der Waals surface area contributed by atoms with Crippen LogP contribution in [0.5, 0.6) is 5.88 Å². The van der Waals surface area contributed by atoms with Gasteiger partial charge in [-0.15, -0.1) is 0 Å². The minimum absolute atomic E-state index is 0.00241. The van der Waals surface area contributed by atoms with Crippen LogP contribution in [0, 0.1) is 18.8 Å². The van der Waals surface area contributed by atoms with E-state index in [1.807, 2.05) is 6.92 Å². The number of nitrogens with zero attached hydrogens (tertiary/aromatic N) is 3. The van der Waals surface area contributed by atoms with Gasteiger partial charge >= 0.3 is 0 Å². The van der Waals surface area contributed by atoms with Gasteiger partial charge in [0, 0.05) is 31.4 Å². The van der Waals surface area contributed by atoms with E-state index in [1.165, 1.54) is 0 Å². The summed E-state index contributed by atoms with van der Waals surface area (Å²) in [7, 11) is 1.60. The van der Waals surface area contributed by atoms with E-state index in [9.17, 15) is 4.79 Å². The van der Waals surface area contributed by atoms with E-state index < -0.39 is 0 Å². The van der Waals surface area contributed by atoms with E-state index in [2.05, 4.69) is 34.0 Å². The number of ether oxygens (including phenoxy) is 1. The molecule has 0 unspecified atom stereocenters. The maximum atomic E-state index is 12.3. The van der Waals surface area contributed by atoms with Crippen LogP contribution >= 0.6 is 0 Å². The molecule has 2 heterocycles. The number of piperidine rings is 1. The van der Waals surface area contributed by atoms with Crippen LogP contribution in [0.2, 0.25) is 0 Å². The summed E-state index contributed by atoms with van der Waals surface area (Å²) in [5.41, 5.74) is 0.869. The van der Waals surface area contributed by atoms with Crippen molar-refractivity contribution in [3.05, 3.63) is 11.8 Å². The molecule has 122 valence electrons. The number of aryl methyl sites for hydroxylation is 1. The van der Waals surface area contributed by atoms with Crippen molar-refractivity contribution in [3.8, 4) is 5.88 Å². The van der Waals surface area contributed by atoms with E-state index in [0.717, 1.165) is 31.6 Å². The molecule has 0 radical (unpaired) electrons. The summed E-state index contributed by atoms with van der Waals surface area (Å²) in [6.45, 7) is 8.38. The molecule has 22 heavy (non-hydrogen) atoms. The SMILES string of the molecule is COc1cc(C)nc(N2CCC[C@H](C(=O)NCC(C)C)C2)n1. The predicted octanol–water partition coefficient (Wildman–Crippen LogP) is 1.78. The molecular weight excluding hydrogens is 280 g/mol. The maximum Gasteiger partial charge on any atom is 0.228 e. The van der Waals surface area contributed by atoms with Crippen LogP contribution < -0.4 is 15.0 Å². The first-order chi connectivity index (χ1) is 10.5. The molecule has 1 saturated heterocycles. The molecule has 0 aliphatic carbocycles. The van der Waals surface area contributed by atoms with Gasteiger partial charge < -0.3 is 15.0 Å². The molecule has 0 aromatic carbocycles. The van der Waals surface area contributed by atoms with Crippen molar-refractivity contribution >= 4 is 11.9 Å². The van der Waals surface area contributed by atoms with Crippen molar-refractivity contribution in [2.75, 3.05) is 31.6 Å². The average molecular weight is 306 g/mol. The molecule has 2 rings (SSSR count). The number of nitrogens with one attached hydrogen (secondary N) is 1. The molecular formula is C16H26N4O2. The lowest BCUT2D eigenvalue weighted by molar-refractivity contribution is -0.125. The molecule has 1 N–H and O–H groups in total. The topological polar surface area (TPSA) is 67.3 Å². The number of aromatic nitrogens is 2. The zero-order valence-electron chi connectivity index (χ0n) is 13.9. The smallest absolute Gasteiger partial charge is 0.228 e. The highest BCUT2D eigenvalue weighted by molar-refractivity contribution is 5.79. The average Bonchev–Trinajstić information content (AvgIpc) is 2.52. The summed E-state index contributed by atoms with van der Waals surface area (Å²) in [5, 5.41) is 3.03. The van der Waals surface area contributed by atoms with Crippen LogP contribution in [0.25, 0.3) is 0 Å². The highest BCUT2D eigenvalue weighted by atomic mass is 16.5. The molecule has 0 saturated carbocycles. The fourth-order valence-electron chi connectivity index (χ4n) is 2.59. The predicted molar refractivity (Wildman–Crippen MR) is 86.1 cm³/mol. The third kappa shape index (κ3) is 4.32. The van der Waals surface area contributed by atoms with Gasteiger partial charge in [-0.05, 0) is 25.7 Å². The van der Waals surface area contributed by atoms with E-state index in [0.29, 0.717) is 24.3 Å². The number of hydrogen-bond acceptors (Lipinski definition) is 5. The zero-order chi connectivity index (χ0) is 16.1. The Morgan fingerprint density at radius 2 is 2.27 bits per heavy atom. The molecule has 1 aromatic heterocycles. The van der Waals surface area contributed by atoms with Crippen molar-refractivity contribution in [1.82, 2.24) is 15.3 Å². The summed E-state index contributed by atoms with van der Waals surface area (Å²) in [4.78, 5) is 23.2. The van der Waals surface area contributed by atoms with Crippen molar-refractivity contribution in [2.24, 2.45) is 11.8 Å². The second-order valence-electron chi connectivity index (χ2n) is 6.28. The molecule has 1 fully saturated rings. The number of methoxy groups -OCH3 is 1. The molecule has 1 aromatic rings. The van der Waals surface area contributed by atoms with Gasteiger partial charge in [-0.1, -0.05) is 13.8 Å². The number of carbonyl (C=O) groups excluding carboxylic acids is 1. The van der Waals surface area contributed by atoms with Crippen molar-refractivity contribution < 1.29 is 9.53 Å². The fourth-order valence-corrected chi connectivity index (χ4v) is 2.59. The van der Waals surface area contributed by atoms with Crippen molar-refractivity contribution in [3.63, 3.8) is 0 Å². The van der Waals surface area contributed by atoms with Crippen LogP contribution in [0.15, 0.2) is 6.07 Å². The highest BCUT2D eigenvalue weighted by Gasteiger charge is 2.27. The Morgan fingerprint density at radius 1 is 1.50 bits per heavy atom. The molecule has 1 aliphatic heterocycles. The van der Waals surface area contributed by atoms with Crippen molar-refractivity contribution in [1.29, 1.82) is 0 Å². The zero-order valence-corrected chi connectivity index (χ0v) is 13.9. The van der Waals surface area contributed by atoms with E-state index in [-0.39, 0.29) is 11.8 Å². The van der Waals surface area contributed by atoms with Gasteiger partial charge in [0.25, 0.3) is 0 Å². The summed E-state index contributed by atoms with van der Waals surface area (Å²) >= 11 is 0. The van der Waals surface area contributed by atoms with Gasteiger partial charge in [-0.3, -0.25) is 4.79 Å². The second-order valence-corrected chi connectivity index (χ2v) is 6.28. The van der Waals surface area contributed by atoms with Gasteiger partial charge in [0.05, 0.1) is 13.0 Å². The third-order valence-corrected chi connectivity index (χ3v) is 3.79. The van der Waals surface area contributed by atoms with Crippen LogP contribution in [-0.4, -0.2) is 42.6 Å². The normalized spacial score (nSPS) is 18.4. The first-order valence-electron chi connectivity index (χ1n) is 7.92. The standard InChI is InChI=1S/C16H26N4O2/c1-11(2)9-17-15(21)13-6-5-7-20(10-13)16-18-12(3)8-14(19-16)22-4/h8,11,13H,5-7,9-10H2,1-4H3,(H,17,21)/t13-/m0/s1. The number of rotatable bonds is 5. The number of anilines is 1. The van der Waals surface area contributed by atoms with Gasteiger partial charge in [0.1, 0.15) is 0 Å².